The number of hydrazine groups is 1. The summed E-state index contributed by atoms with van der Waals surface area (Å²) in [4.78, 5) is 25.7. The van der Waals surface area contributed by atoms with Gasteiger partial charge in [0, 0.05) is 25.1 Å². The first-order valence-corrected chi connectivity index (χ1v) is 6.98. The summed E-state index contributed by atoms with van der Waals surface area (Å²) in [5.41, 5.74) is 3.51. The van der Waals surface area contributed by atoms with E-state index in [2.05, 4.69) is 12.3 Å². The Morgan fingerprint density at radius 3 is 2.90 bits per heavy atom. The number of carbonyl (C=O) groups is 2. The number of nitrogens with two attached hydrogens (primary N) is 1. The Morgan fingerprint density at radius 1 is 1.40 bits per heavy atom. The summed E-state index contributed by atoms with van der Waals surface area (Å²) in [7, 11) is 0. The molecule has 1 aliphatic heterocycles. The average molecular weight is 275 g/mol. The maximum atomic E-state index is 12.1. The molecular formula is C15H21N3O2. The van der Waals surface area contributed by atoms with Crippen LogP contribution < -0.4 is 11.3 Å². The molecule has 108 valence electrons. The van der Waals surface area contributed by atoms with Gasteiger partial charge in [-0.15, -0.1) is 0 Å². The number of rotatable bonds is 3. The van der Waals surface area contributed by atoms with Crippen molar-refractivity contribution in [2.45, 2.75) is 32.7 Å². The minimum absolute atomic E-state index is 0.164. The highest BCUT2D eigenvalue weighted by molar-refractivity contribution is 5.95. The highest BCUT2D eigenvalue weighted by atomic mass is 16.2. The van der Waals surface area contributed by atoms with Gasteiger partial charge < -0.3 is 4.90 Å². The number of nitrogens with one attached hydrogen (secondary N) is 1. The summed E-state index contributed by atoms with van der Waals surface area (Å²) in [6.07, 6.45) is 2.55. The molecule has 20 heavy (non-hydrogen) atoms. The summed E-state index contributed by atoms with van der Waals surface area (Å²) in [6.45, 7) is 3.39. The Balaban J connectivity index is 2.16. The van der Waals surface area contributed by atoms with Crippen LogP contribution in [0.1, 0.15) is 42.1 Å². The molecule has 0 aliphatic carbocycles. The third-order valence-corrected chi connectivity index (χ3v) is 3.85. The van der Waals surface area contributed by atoms with E-state index in [-0.39, 0.29) is 11.8 Å². The van der Waals surface area contributed by atoms with E-state index in [0.717, 1.165) is 24.9 Å². The zero-order chi connectivity index (χ0) is 14.5. The number of amides is 2. The van der Waals surface area contributed by atoms with Gasteiger partial charge in [-0.1, -0.05) is 25.1 Å². The molecule has 0 radical (unpaired) electrons. The van der Waals surface area contributed by atoms with Crippen molar-refractivity contribution in [2.24, 2.45) is 11.8 Å². The number of hydrogen-bond donors (Lipinski definition) is 2. The number of carbonyl (C=O) groups excluding carboxylic acids is 2. The molecule has 0 saturated carbocycles. The van der Waals surface area contributed by atoms with Crippen LogP contribution in [0, 0.1) is 5.92 Å². The summed E-state index contributed by atoms with van der Waals surface area (Å²) in [6, 6.07) is 7.25. The zero-order valence-electron chi connectivity index (χ0n) is 11.8. The monoisotopic (exact) mass is 275 g/mol. The molecule has 1 saturated heterocycles. The smallest absolute Gasteiger partial charge is 0.265 e. The van der Waals surface area contributed by atoms with Crippen LogP contribution in [0.2, 0.25) is 0 Å². The summed E-state index contributed by atoms with van der Waals surface area (Å²) >= 11 is 0. The fourth-order valence-electron chi connectivity index (χ4n) is 2.50. The molecule has 1 atom stereocenters. The molecular weight excluding hydrogens is 254 g/mol. The number of nitrogens with zero attached hydrogens (tertiary/aromatic N) is 1. The third kappa shape index (κ3) is 3.36. The fourth-order valence-corrected chi connectivity index (χ4v) is 2.50. The van der Waals surface area contributed by atoms with Gasteiger partial charge >= 0.3 is 0 Å². The van der Waals surface area contributed by atoms with Gasteiger partial charge in [0.1, 0.15) is 0 Å². The molecule has 1 heterocycles. The van der Waals surface area contributed by atoms with Crippen LogP contribution >= 0.6 is 0 Å². The largest absolute Gasteiger partial charge is 0.338 e. The van der Waals surface area contributed by atoms with Gasteiger partial charge in [-0.05, 0) is 30.4 Å². The first-order chi connectivity index (χ1) is 9.61. The standard InChI is InChI=1S/C15H21N3O2/c1-11-6-7-14(19)18(9-8-11)10-12-4-2-3-5-13(12)15(20)17-16/h2-5,11H,6-10,16H2,1H3,(H,17,20). The van der Waals surface area contributed by atoms with Crippen molar-refractivity contribution >= 4 is 11.8 Å². The second-order valence-corrected chi connectivity index (χ2v) is 5.38. The molecule has 2 amide bonds. The van der Waals surface area contributed by atoms with E-state index in [1.54, 1.807) is 12.1 Å². The van der Waals surface area contributed by atoms with Gasteiger partial charge in [-0.25, -0.2) is 5.84 Å². The average Bonchev–Trinajstić information content (AvgIpc) is 2.62. The Labute approximate surface area is 119 Å². The van der Waals surface area contributed by atoms with Crippen molar-refractivity contribution in [1.82, 2.24) is 10.3 Å². The molecule has 1 aliphatic rings. The SMILES string of the molecule is CC1CCC(=O)N(Cc2ccccc2C(=O)NN)CC1. The van der Waals surface area contributed by atoms with E-state index in [0.29, 0.717) is 24.4 Å². The molecule has 3 N–H and O–H groups in total. The van der Waals surface area contributed by atoms with Gasteiger partial charge in [-0.2, -0.15) is 0 Å². The van der Waals surface area contributed by atoms with E-state index in [1.807, 2.05) is 17.0 Å². The lowest BCUT2D eigenvalue weighted by molar-refractivity contribution is -0.131. The van der Waals surface area contributed by atoms with Crippen molar-refractivity contribution in [2.75, 3.05) is 6.54 Å². The predicted octanol–water partition coefficient (Wildman–Crippen LogP) is 1.44. The van der Waals surface area contributed by atoms with Crippen LogP contribution in [-0.4, -0.2) is 23.3 Å². The Bertz CT molecular complexity index is 502. The molecule has 1 unspecified atom stereocenters. The summed E-state index contributed by atoms with van der Waals surface area (Å²) < 4.78 is 0. The van der Waals surface area contributed by atoms with Crippen LogP contribution in [0.4, 0.5) is 0 Å². The third-order valence-electron chi connectivity index (χ3n) is 3.85. The lowest BCUT2D eigenvalue weighted by Gasteiger charge is -2.22. The quantitative estimate of drug-likeness (QED) is 0.498. The molecule has 2 rings (SSSR count). The van der Waals surface area contributed by atoms with E-state index in [4.69, 9.17) is 5.84 Å². The van der Waals surface area contributed by atoms with Crippen LogP contribution in [0.5, 0.6) is 0 Å². The number of benzene rings is 1. The van der Waals surface area contributed by atoms with E-state index in [1.165, 1.54) is 0 Å². The van der Waals surface area contributed by atoms with Gasteiger partial charge in [0.25, 0.3) is 5.91 Å². The second-order valence-electron chi connectivity index (χ2n) is 5.38. The maximum absolute atomic E-state index is 12.1. The van der Waals surface area contributed by atoms with E-state index in [9.17, 15) is 9.59 Å². The number of likely N-dealkylation sites (tertiary alicyclic amines) is 1. The van der Waals surface area contributed by atoms with Crippen molar-refractivity contribution in [3.8, 4) is 0 Å². The van der Waals surface area contributed by atoms with Crippen molar-refractivity contribution in [3.63, 3.8) is 0 Å². The van der Waals surface area contributed by atoms with E-state index < -0.39 is 0 Å². The summed E-state index contributed by atoms with van der Waals surface area (Å²) in [5.74, 6) is 5.61. The predicted molar refractivity (Wildman–Crippen MR) is 76.5 cm³/mol. The minimum atomic E-state index is -0.323. The van der Waals surface area contributed by atoms with Crippen molar-refractivity contribution in [1.29, 1.82) is 0 Å². The Morgan fingerprint density at radius 2 is 2.15 bits per heavy atom. The number of hydrogen-bond acceptors (Lipinski definition) is 3. The first-order valence-electron chi connectivity index (χ1n) is 6.98. The van der Waals surface area contributed by atoms with Gasteiger partial charge in [0.15, 0.2) is 0 Å². The molecule has 0 bridgehead atoms. The van der Waals surface area contributed by atoms with Crippen LogP contribution in [0.3, 0.4) is 0 Å². The second kappa shape index (κ2) is 6.52. The highest BCUT2D eigenvalue weighted by Crippen LogP contribution is 2.20. The molecule has 1 fully saturated rings. The lowest BCUT2D eigenvalue weighted by Crippen LogP contribution is -2.33. The van der Waals surface area contributed by atoms with Crippen LogP contribution in [0.25, 0.3) is 0 Å². The number of nitrogen functional groups attached to an aromatic ring is 1. The first kappa shape index (κ1) is 14.5. The maximum Gasteiger partial charge on any atom is 0.265 e. The van der Waals surface area contributed by atoms with Gasteiger partial charge in [0.05, 0.1) is 0 Å². The topological polar surface area (TPSA) is 75.4 Å². The molecule has 0 spiro atoms. The van der Waals surface area contributed by atoms with Gasteiger partial charge in [0.2, 0.25) is 5.91 Å². The van der Waals surface area contributed by atoms with E-state index >= 15 is 0 Å². The molecule has 1 aromatic carbocycles. The molecule has 1 aromatic rings. The molecule has 0 aromatic heterocycles. The minimum Gasteiger partial charge on any atom is -0.338 e. The normalized spacial score (nSPS) is 19.6. The van der Waals surface area contributed by atoms with Gasteiger partial charge in [-0.3, -0.25) is 15.0 Å². The molecule has 5 nitrogen and oxygen atoms in total. The molecule has 5 heteroatoms. The van der Waals surface area contributed by atoms with Crippen molar-refractivity contribution < 1.29 is 9.59 Å². The van der Waals surface area contributed by atoms with Crippen LogP contribution in [0.15, 0.2) is 24.3 Å². The lowest BCUT2D eigenvalue weighted by atomic mass is 10.0. The fraction of sp³-hybridized carbons (Fsp3) is 0.467. The van der Waals surface area contributed by atoms with Crippen molar-refractivity contribution in [3.05, 3.63) is 35.4 Å². The zero-order valence-corrected chi connectivity index (χ0v) is 11.8. The van der Waals surface area contributed by atoms with Crippen LogP contribution in [-0.2, 0) is 11.3 Å². The Kier molecular flexibility index (Phi) is 4.74. The summed E-state index contributed by atoms with van der Waals surface area (Å²) in [5, 5.41) is 0. The highest BCUT2D eigenvalue weighted by Gasteiger charge is 2.21. The Hall–Kier alpha value is -1.88.